The first kappa shape index (κ1) is 24.1. The highest BCUT2D eigenvalue weighted by atomic mass is 35.5. The number of carbonyl (C=O) groups is 1. The fourth-order valence-corrected chi connectivity index (χ4v) is 4.96. The third-order valence-electron chi connectivity index (χ3n) is 4.98. The molecular formula is C27H22Cl2N2O2S. The number of hydrogen-bond donors (Lipinski definition) is 0. The third-order valence-corrected chi connectivity index (χ3v) is 6.58. The van der Waals surface area contributed by atoms with Gasteiger partial charge in [-0.1, -0.05) is 96.5 Å². The van der Waals surface area contributed by atoms with E-state index in [0.717, 1.165) is 11.1 Å². The van der Waals surface area contributed by atoms with Crippen molar-refractivity contribution in [2.45, 2.75) is 13.1 Å². The molecule has 0 aliphatic carbocycles. The highest BCUT2D eigenvalue weighted by Crippen LogP contribution is 2.38. The molecule has 3 aromatic carbocycles. The maximum Gasteiger partial charge on any atom is 0.267 e. The number of amides is 1. The molecule has 1 saturated heterocycles. The summed E-state index contributed by atoms with van der Waals surface area (Å²) in [6.07, 6.45) is 3.40. The van der Waals surface area contributed by atoms with Crippen LogP contribution in [-0.2, 0) is 17.9 Å². The van der Waals surface area contributed by atoms with Crippen LogP contribution in [0.2, 0.25) is 10.0 Å². The molecule has 1 heterocycles. The molecule has 0 atom stereocenters. The number of nitrogens with zero attached hydrogens (tertiary/aromatic N) is 2. The fraction of sp³-hybridized carbons (Fsp3) is 0.111. The van der Waals surface area contributed by atoms with Crippen molar-refractivity contribution in [3.63, 3.8) is 0 Å². The van der Waals surface area contributed by atoms with Gasteiger partial charge in [-0.3, -0.25) is 14.7 Å². The third kappa shape index (κ3) is 5.92. The molecule has 0 bridgehead atoms. The van der Waals surface area contributed by atoms with Crippen molar-refractivity contribution in [3.05, 3.63) is 117 Å². The molecule has 0 spiro atoms. The molecule has 0 N–H and O–H groups in total. The average molecular weight is 509 g/mol. The Bertz CT molecular complexity index is 1220. The lowest BCUT2D eigenvalue weighted by atomic mass is 10.2. The van der Waals surface area contributed by atoms with E-state index in [2.05, 4.69) is 6.58 Å². The topological polar surface area (TPSA) is 41.9 Å². The van der Waals surface area contributed by atoms with Gasteiger partial charge in [0.25, 0.3) is 5.91 Å². The van der Waals surface area contributed by atoms with Gasteiger partial charge in [0.2, 0.25) is 0 Å². The lowest BCUT2D eigenvalue weighted by Gasteiger charge is -2.15. The summed E-state index contributed by atoms with van der Waals surface area (Å²) in [5.41, 5.74) is 2.81. The number of aliphatic imine (C=N–C) groups is 1. The summed E-state index contributed by atoms with van der Waals surface area (Å²) in [5, 5.41) is 1.40. The first-order valence-corrected chi connectivity index (χ1v) is 12.2. The number of rotatable bonds is 8. The predicted molar refractivity (Wildman–Crippen MR) is 142 cm³/mol. The highest BCUT2D eigenvalue weighted by Gasteiger charge is 2.33. The van der Waals surface area contributed by atoms with E-state index in [4.69, 9.17) is 32.9 Å². The molecular weight excluding hydrogens is 487 g/mol. The van der Waals surface area contributed by atoms with E-state index in [-0.39, 0.29) is 5.91 Å². The molecule has 1 fully saturated rings. The van der Waals surface area contributed by atoms with Crippen LogP contribution in [0.15, 0.2) is 95.3 Å². The Morgan fingerprint density at radius 2 is 1.59 bits per heavy atom. The monoisotopic (exact) mass is 508 g/mol. The van der Waals surface area contributed by atoms with E-state index in [9.17, 15) is 4.79 Å². The van der Waals surface area contributed by atoms with Gasteiger partial charge in [0.05, 0.1) is 28.0 Å². The quantitative estimate of drug-likeness (QED) is 0.238. The summed E-state index contributed by atoms with van der Waals surface area (Å²) in [5.74, 6) is 0.284. The second kappa shape index (κ2) is 11.4. The lowest BCUT2D eigenvalue weighted by molar-refractivity contribution is -0.122. The number of benzene rings is 3. The van der Waals surface area contributed by atoms with Crippen LogP contribution < -0.4 is 4.74 Å². The zero-order valence-corrected chi connectivity index (χ0v) is 20.6. The number of amidine groups is 1. The van der Waals surface area contributed by atoms with Crippen LogP contribution in [0.3, 0.4) is 0 Å². The van der Waals surface area contributed by atoms with E-state index >= 15 is 0 Å². The van der Waals surface area contributed by atoms with E-state index in [1.165, 1.54) is 11.8 Å². The van der Waals surface area contributed by atoms with Gasteiger partial charge in [0.1, 0.15) is 6.61 Å². The molecule has 0 saturated carbocycles. The normalized spacial score (nSPS) is 15.8. The van der Waals surface area contributed by atoms with Crippen LogP contribution >= 0.6 is 35.0 Å². The zero-order chi connectivity index (χ0) is 23.9. The van der Waals surface area contributed by atoms with Crippen molar-refractivity contribution < 1.29 is 9.53 Å². The van der Waals surface area contributed by atoms with Crippen molar-refractivity contribution in [2.75, 3.05) is 6.61 Å². The first-order chi connectivity index (χ1) is 16.5. The Balaban J connectivity index is 1.63. The van der Waals surface area contributed by atoms with E-state index in [1.807, 2.05) is 60.7 Å². The molecule has 1 amide bonds. The van der Waals surface area contributed by atoms with Gasteiger partial charge in [0, 0.05) is 0 Å². The number of ether oxygens (including phenoxy) is 1. The molecule has 0 radical (unpaired) electrons. The summed E-state index contributed by atoms with van der Waals surface area (Å²) in [6, 6.07) is 23.3. The summed E-state index contributed by atoms with van der Waals surface area (Å²) >= 11 is 14.1. The minimum absolute atomic E-state index is 0.111. The van der Waals surface area contributed by atoms with Gasteiger partial charge < -0.3 is 4.74 Å². The molecule has 3 aromatic rings. The van der Waals surface area contributed by atoms with E-state index in [0.29, 0.717) is 51.1 Å². The largest absolute Gasteiger partial charge is 0.486 e. The van der Waals surface area contributed by atoms with Gasteiger partial charge in [-0.25, -0.2) is 0 Å². The van der Waals surface area contributed by atoms with E-state index < -0.39 is 0 Å². The van der Waals surface area contributed by atoms with Crippen LogP contribution in [0.25, 0.3) is 6.08 Å². The maximum atomic E-state index is 13.4. The molecule has 4 nitrogen and oxygen atoms in total. The van der Waals surface area contributed by atoms with Gasteiger partial charge in [-0.15, -0.1) is 0 Å². The molecule has 7 heteroatoms. The van der Waals surface area contributed by atoms with Crippen LogP contribution in [-0.4, -0.2) is 22.6 Å². The molecule has 34 heavy (non-hydrogen) atoms. The van der Waals surface area contributed by atoms with Crippen LogP contribution in [0.5, 0.6) is 5.75 Å². The second-order valence-electron chi connectivity index (χ2n) is 7.49. The predicted octanol–water partition coefficient (Wildman–Crippen LogP) is 7.23. The summed E-state index contributed by atoms with van der Waals surface area (Å²) in [6.45, 7) is 4.85. The standard InChI is InChI=1S/C27H22Cl2N2O2S/c1-2-13-33-25-22(28)14-21(15-23(25)29)16-24-26(32)31(18-20-11-7-4-8-12-20)27(34-24)30-17-19-9-5-3-6-10-19/h2-12,14-16H,1,13,17-18H2/b24-16+,30-27?. The first-order valence-electron chi connectivity index (χ1n) is 10.6. The van der Waals surface area contributed by atoms with Crippen LogP contribution in [0.1, 0.15) is 16.7 Å². The minimum atomic E-state index is -0.111. The van der Waals surface area contributed by atoms with E-state index in [1.54, 1.807) is 29.2 Å². The van der Waals surface area contributed by atoms with Crippen LogP contribution in [0, 0.1) is 0 Å². The Labute approximate surface area is 213 Å². The molecule has 4 rings (SSSR count). The molecule has 1 aliphatic heterocycles. The molecule has 0 unspecified atom stereocenters. The van der Waals surface area contributed by atoms with Gasteiger partial charge >= 0.3 is 0 Å². The summed E-state index contributed by atoms with van der Waals surface area (Å²) < 4.78 is 5.54. The minimum Gasteiger partial charge on any atom is -0.486 e. The number of carbonyl (C=O) groups excluding carboxylic acids is 1. The average Bonchev–Trinajstić information content (AvgIpc) is 3.12. The van der Waals surface area contributed by atoms with Gasteiger partial charge in [-0.05, 0) is 46.7 Å². The molecule has 172 valence electrons. The summed E-state index contributed by atoms with van der Waals surface area (Å²) in [4.78, 5) is 20.4. The lowest BCUT2D eigenvalue weighted by Crippen LogP contribution is -2.28. The number of hydrogen-bond acceptors (Lipinski definition) is 4. The second-order valence-corrected chi connectivity index (χ2v) is 9.31. The molecule has 0 aromatic heterocycles. The zero-order valence-electron chi connectivity index (χ0n) is 18.3. The van der Waals surface area contributed by atoms with Crippen molar-refractivity contribution in [1.29, 1.82) is 0 Å². The Kier molecular flexibility index (Phi) is 8.12. The Morgan fingerprint density at radius 1 is 0.971 bits per heavy atom. The van der Waals surface area contributed by atoms with Crippen molar-refractivity contribution in [2.24, 2.45) is 4.99 Å². The Hall–Kier alpha value is -2.99. The van der Waals surface area contributed by atoms with Crippen molar-refractivity contribution >= 4 is 52.1 Å². The number of thioether (sulfide) groups is 1. The van der Waals surface area contributed by atoms with Crippen molar-refractivity contribution in [1.82, 2.24) is 4.90 Å². The fourth-order valence-electron chi connectivity index (χ4n) is 3.37. The van der Waals surface area contributed by atoms with Crippen molar-refractivity contribution in [3.8, 4) is 5.75 Å². The maximum absolute atomic E-state index is 13.4. The highest BCUT2D eigenvalue weighted by molar-refractivity contribution is 8.18. The summed E-state index contributed by atoms with van der Waals surface area (Å²) in [7, 11) is 0. The van der Waals surface area contributed by atoms with Crippen LogP contribution in [0.4, 0.5) is 0 Å². The van der Waals surface area contributed by atoms with Gasteiger partial charge in [0.15, 0.2) is 10.9 Å². The molecule has 1 aliphatic rings. The van der Waals surface area contributed by atoms with Gasteiger partial charge in [-0.2, -0.15) is 0 Å². The smallest absolute Gasteiger partial charge is 0.267 e. The number of halogens is 2. The Morgan fingerprint density at radius 3 is 2.21 bits per heavy atom. The SMILES string of the molecule is C=CCOc1c(Cl)cc(/C=C2/SC(=NCc3ccccc3)N(Cc3ccccc3)C2=O)cc1Cl.